The van der Waals surface area contributed by atoms with Crippen LogP contribution in [-0.2, 0) is 0 Å². The van der Waals surface area contributed by atoms with E-state index in [2.05, 4.69) is 149 Å². The molecule has 51 heavy (non-hydrogen) atoms. The molecule has 0 saturated heterocycles. The maximum Gasteiger partial charge on any atom is 0.131 e. The molecular formula is C46H28N4S. The second kappa shape index (κ2) is 11.0. The number of nitrogens with zero attached hydrogens (tertiary/aromatic N) is 4. The molecule has 0 radical (unpaired) electrons. The van der Waals surface area contributed by atoms with Crippen LogP contribution in [0, 0.1) is 0 Å². The normalized spacial score (nSPS) is 12.2. The van der Waals surface area contributed by atoms with E-state index in [1.165, 1.54) is 53.9 Å². The van der Waals surface area contributed by atoms with Crippen molar-refractivity contribution >= 4 is 55.6 Å². The van der Waals surface area contributed by atoms with Crippen molar-refractivity contribution in [3.05, 3.63) is 170 Å². The Labute approximate surface area is 298 Å². The lowest BCUT2D eigenvalue weighted by Crippen LogP contribution is -2.05. The minimum absolute atomic E-state index is 0.888. The lowest BCUT2D eigenvalue weighted by molar-refractivity contribution is 1.03. The van der Waals surface area contributed by atoms with E-state index in [1.54, 1.807) is 0 Å². The summed E-state index contributed by atoms with van der Waals surface area (Å²) in [5.74, 6) is 0. The quantitative estimate of drug-likeness (QED) is 0.187. The van der Waals surface area contributed by atoms with E-state index in [1.807, 2.05) is 42.1 Å². The van der Waals surface area contributed by atoms with Gasteiger partial charge in [-0.1, -0.05) is 133 Å². The van der Waals surface area contributed by atoms with Gasteiger partial charge in [0.25, 0.3) is 0 Å². The third-order valence-electron chi connectivity index (χ3n) is 10.1. The Morgan fingerprint density at radius 3 is 1.80 bits per heavy atom. The molecule has 1 aliphatic heterocycles. The van der Waals surface area contributed by atoms with Gasteiger partial charge in [0, 0.05) is 42.8 Å². The number of benzene rings is 7. The molecule has 3 aromatic heterocycles. The van der Waals surface area contributed by atoms with Gasteiger partial charge in [-0.25, -0.2) is 9.97 Å². The molecule has 7 aromatic carbocycles. The molecule has 0 saturated carbocycles. The predicted molar refractivity (Wildman–Crippen MR) is 211 cm³/mol. The molecule has 0 amide bonds. The molecule has 0 aliphatic carbocycles. The van der Waals surface area contributed by atoms with Crippen LogP contribution < -0.4 is 0 Å². The standard InChI is InChI=1S/C46H28N4S/c1-3-12-30(13-4-1)43-44(48-37-19-9-8-18-36(37)47-43)31-24-22-29(23-25-31)32-26-27-39-41(28-32)51-40-21-11-17-35-42-34-16-7-10-20-38(34)49(33-14-5-2-6-15-33)46(42)50(39)45(35)40/h1-28H. The maximum absolute atomic E-state index is 5.12. The summed E-state index contributed by atoms with van der Waals surface area (Å²) in [6.07, 6.45) is 0. The Bertz CT molecular complexity index is 2980. The van der Waals surface area contributed by atoms with Crippen LogP contribution in [0.15, 0.2) is 180 Å². The third-order valence-corrected chi connectivity index (χ3v) is 11.2. The van der Waals surface area contributed by atoms with Gasteiger partial charge in [0.15, 0.2) is 0 Å². The van der Waals surface area contributed by atoms with Crippen molar-refractivity contribution in [2.45, 2.75) is 9.79 Å². The summed E-state index contributed by atoms with van der Waals surface area (Å²) in [4.78, 5) is 12.7. The van der Waals surface area contributed by atoms with E-state index in [0.717, 1.165) is 44.8 Å². The molecule has 0 N–H and O–H groups in total. The highest BCUT2D eigenvalue weighted by Gasteiger charge is 2.28. The van der Waals surface area contributed by atoms with Crippen molar-refractivity contribution in [3.8, 4) is 45.0 Å². The van der Waals surface area contributed by atoms with Gasteiger partial charge in [0.1, 0.15) is 5.65 Å². The fourth-order valence-corrected chi connectivity index (χ4v) is 8.95. The highest BCUT2D eigenvalue weighted by Crippen LogP contribution is 2.50. The molecule has 10 aromatic rings. The van der Waals surface area contributed by atoms with E-state index < -0.39 is 0 Å². The van der Waals surface area contributed by atoms with Crippen molar-refractivity contribution < 1.29 is 0 Å². The number of hydrogen-bond donors (Lipinski definition) is 0. The van der Waals surface area contributed by atoms with E-state index in [-0.39, 0.29) is 0 Å². The topological polar surface area (TPSA) is 35.6 Å². The van der Waals surface area contributed by atoms with Gasteiger partial charge < -0.3 is 0 Å². The van der Waals surface area contributed by atoms with Gasteiger partial charge in [0.2, 0.25) is 0 Å². The molecule has 4 heterocycles. The molecule has 0 bridgehead atoms. The molecular weight excluding hydrogens is 641 g/mol. The van der Waals surface area contributed by atoms with Gasteiger partial charge >= 0.3 is 0 Å². The second-order valence-electron chi connectivity index (χ2n) is 13.0. The zero-order chi connectivity index (χ0) is 33.5. The first-order valence-electron chi connectivity index (χ1n) is 17.2. The first kappa shape index (κ1) is 28.4. The SMILES string of the molecule is c1ccc(-c2nc3ccccc3nc2-c2ccc(-c3ccc4c(c3)Sc3cccc5c6c7ccccc7n(-c7ccccc7)c6n-4c35)cc2)cc1. The van der Waals surface area contributed by atoms with Crippen LogP contribution in [0.3, 0.4) is 0 Å². The van der Waals surface area contributed by atoms with Gasteiger partial charge in [-0.3, -0.25) is 9.13 Å². The largest absolute Gasteiger partial charge is 0.295 e. The van der Waals surface area contributed by atoms with Gasteiger partial charge in [0.05, 0.1) is 39.1 Å². The van der Waals surface area contributed by atoms with Crippen LogP contribution in [0.5, 0.6) is 0 Å². The smallest absolute Gasteiger partial charge is 0.131 e. The summed E-state index contributed by atoms with van der Waals surface area (Å²) in [7, 11) is 0. The predicted octanol–water partition coefficient (Wildman–Crippen LogP) is 12.1. The van der Waals surface area contributed by atoms with Crippen LogP contribution in [0.2, 0.25) is 0 Å². The van der Waals surface area contributed by atoms with Crippen LogP contribution in [0.25, 0.3) is 88.9 Å². The summed E-state index contributed by atoms with van der Waals surface area (Å²) in [6, 6.07) is 60.4. The Morgan fingerprint density at radius 1 is 0.431 bits per heavy atom. The minimum Gasteiger partial charge on any atom is -0.295 e. The number of fused-ring (bicyclic) bond motifs is 8. The van der Waals surface area contributed by atoms with Crippen molar-refractivity contribution in [2.24, 2.45) is 0 Å². The summed E-state index contributed by atoms with van der Waals surface area (Å²) >= 11 is 1.86. The Kier molecular flexibility index (Phi) is 6.15. The number of rotatable bonds is 4. The van der Waals surface area contributed by atoms with E-state index in [0.29, 0.717) is 0 Å². The number of para-hydroxylation sites is 5. The van der Waals surface area contributed by atoms with E-state index in [9.17, 15) is 0 Å². The van der Waals surface area contributed by atoms with Crippen LogP contribution in [0.1, 0.15) is 0 Å². The molecule has 11 rings (SSSR count). The molecule has 0 spiro atoms. The summed E-state index contributed by atoms with van der Waals surface area (Å²) in [6.45, 7) is 0. The average molecular weight is 669 g/mol. The van der Waals surface area contributed by atoms with Crippen molar-refractivity contribution in [1.29, 1.82) is 0 Å². The second-order valence-corrected chi connectivity index (χ2v) is 14.1. The highest BCUT2D eigenvalue weighted by atomic mass is 32.2. The third kappa shape index (κ3) is 4.28. The minimum atomic E-state index is 0.888. The summed E-state index contributed by atoms with van der Waals surface area (Å²) in [5, 5.41) is 3.86. The molecule has 0 unspecified atom stereocenters. The average Bonchev–Trinajstić information content (AvgIpc) is 3.72. The van der Waals surface area contributed by atoms with Gasteiger partial charge in [-0.2, -0.15) is 0 Å². The first-order chi connectivity index (χ1) is 25.3. The monoisotopic (exact) mass is 668 g/mol. The number of hydrogen-bond acceptors (Lipinski definition) is 3. The summed E-state index contributed by atoms with van der Waals surface area (Å²) < 4.78 is 4.93. The van der Waals surface area contributed by atoms with E-state index in [4.69, 9.17) is 9.97 Å². The number of aromatic nitrogens is 4. The van der Waals surface area contributed by atoms with Gasteiger partial charge in [-0.15, -0.1) is 0 Å². The molecule has 5 heteroatoms. The maximum atomic E-state index is 5.12. The van der Waals surface area contributed by atoms with Crippen molar-refractivity contribution in [3.63, 3.8) is 0 Å². The Hall–Kier alpha value is -6.43. The van der Waals surface area contributed by atoms with Crippen LogP contribution in [0.4, 0.5) is 0 Å². The molecule has 0 fully saturated rings. The molecule has 238 valence electrons. The Balaban J connectivity index is 1.06. The van der Waals surface area contributed by atoms with Gasteiger partial charge in [-0.05, 0) is 59.7 Å². The fraction of sp³-hybridized carbons (Fsp3) is 0. The fourth-order valence-electron chi connectivity index (χ4n) is 7.82. The zero-order valence-electron chi connectivity index (χ0n) is 27.4. The Morgan fingerprint density at radius 2 is 1.04 bits per heavy atom. The molecule has 0 atom stereocenters. The first-order valence-corrected chi connectivity index (χ1v) is 18.0. The van der Waals surface area contributed by atoms with E-state index >= 15 is 0 Å². The summed E-state index contributed by atoms with van der Waals surface area (Å²) in [5.41, 5.74) is 14.1. The lowest BCUT2D eigenvalue weighted by atomic mass is 9.99. The highest BCUT2D eigenvalue weighted by molar-refractivity contribution is 7.99. The molecule has 1 aliphatic rings. The zero-order valence-corrected chi connectivity index (χ0v) is 28.2. The molecule has 4 nitrogen and oxygen atoms in total. The van der Waals surface area contributed by atoms with Crippen molar-refractivity contribution in [2.75, 3.05) is 0 Å². The van der Waals surface area contributed by atoms with Crippen LogP contribution in [-0.4, -0.2) is 19.1 Å². The lowest BCUT2D eigenvalue weighted by Gasteiger charge is -2.22. The van der Waals surface area contributed by atoms with Crippen LogP contribution >= 0.6 is 11.8 Å². The van der Waals surface area contributed by atoms with Crippen molar-refractivity contribution in [1.82, 2.24) is 19.1 Å².